The summed E-state index contributed by atoms with van der Waals surface area (Å²) in [6.07, 6.45) is -4.48. The minimum absolute atomic E-state index is 0.129. The highest BCUT2D eigenvalue weighted by Crippen LogP contribution is 2.42. The first-order valence-corrected chi connectivity index (χ1v) is 8.99. The Morgan fingerprint density at radius 3 is 2.33 bits per heavy atom. The molecule has 3 aromatic rings. The third-order valence-electron chi connectivity index (χ3n) is 4.48. The summed E-state index contributed by atoms with van der Waals surface area (Å²) in [6, 6.07) is 12.4. The van der Waals surface area contributed by atoms with Crippen LogP contribution in [-0.2, 0) is 6.18 Å². The number of amidine groups is 1. The van der Waals surface area contributed by atoms with Crippen LogP contribution in [0.2, 0.25) is 5.02 Å². The molecule has 7 nitrogen and oxygen atoms in total. The fourth-order valence-electron chi connectivity index (χ4n) is 3.18. The van der Waals surface area contributed by atoms with Crippen molar-refractivity contribution in [3.8, 4) is 0 Å². The van der Waals surface area contributed by atoms with Gasteiger partial charge in [-0.3, -0.25) is 15.5 Å². The molecule has 0 bridgehead atoms. The molecule has 154 valence electrons. The van der Waals surface area contributed by atoms with Crippen LogP contribution in [0.25, 0.3) is 10.8 Å². The van der Waals surface area contributed by atoms with E-state index in [0.717, 1.165) is 12.1 Å². The largest absolute Gasteiger partial charge is 0.416 e. The van der Waals surface area contributed by atoms with Crippen molar-refractivity contribution < 1.29 is 18.1 Å². The quantitative estimate of drug-likeness (QED) is 0.434. The number of alkyl halides is 3. The van der Waals surface area contributed by atoms with Crippen LogP contribution >= 0.6 is 11.6 Å². The van der Waals surface area contributed by atoms with Crippen LogP contribution < -0.4 is 15.7 Å². The van der Waals surface area contributed by atoms with Crippen LogP contribution in [0.4, 0.5) is 30.2 Å². The SMILES string of the molecule is CC1=NN(c2c([N+](=O)[O-])cc(Cl)c3ccccc23)N(c2ccc(C(F)(F)F)cc2)N1. The van der Waals surface area contributed by atoms with E-state index < -0.39 is 16.7 Å². The van der Waals surface area contributed by atoms with Crippen LogP contribution in [0.1, 0.15) is 12.5 Å². The van der Waals surface area contributed by atoms with Crippen molar-refractivity contribution in [3.63, 3.8) is 0 Å². The number of hydrogen-bond donors (Lipinski definition) is 1. The first kappa shape index (κ1) is 19.8. The van der Waals surface area contributed by atoms with E-state index in [2.05, 4.69) is 10.5 Å². The third-order valence-corrected chi connectivity index (χ3v) is 4.80. The molecule has 3 aromatic carbocycles. The van der Waals surface area contributed by atoms with Crippen molar-refractivity contribution >= 4 is 45.3 Å². The minimum atomic E-state index is -4.48. The number of halogens is 4. The second-order valence-electron chi connectivity index (χ2n) is 6.47. The lowest BCUT2D eigenvalue weighted by Crippen LogP contribution is -2.44. The molecule has 1 aliphatic rings. The van der Waals surface area contributed by atoms with Gasteiger partial charge in [-0.15, -0.1) is 10.2 Å². The number of nitro benzene ring substituents is 1. The summed E-state index contributed by atoms with van der Waals surface area (Å²) in [6.45, 7) is 1.63. The lowest BCUT2D eigenvalue weighted by Gasteiger charge is -2.28. The maximum atomic E-state index is 12.9. The number of hydrogen-bond acceptors (Lipinski definition) is 6. The molecule has 0 spiro atoms. The zero-order valence-corrected chi connectivity index (χ0v) is 16.1. The molecule has 11 heteroatoms. The average molecular weight is 436 g/mol. The molecule has 4 rings (SSSR count). The molecular weight excluding hydrogens is 423 g/mol. The number of nitrogens with zero attached hydrogens (tertiary/aromatic N) is 4. The summed E-state index contributed by atoms with van der Waals surface area (Å²) in [4.78, 5) is 11.2. The van der Waals surface area contributed by atoms with Crippen molar-refractivity contribution in [2.45, 2.75) is 13.1 Å². The fourth-order valence-corrected chi connectivity index (χ4v) is 3.44. The lowest BCUT2D eigenvalue weighted by atomic mass is 10.1. The monoisotopic (exact) mass is 435 g/mol. The van der Waals surface area contributed by atoms with Gasteiger partial charge in [0.1, 0.15) is 5.84 Å². The number of fused-ring (bicyclic) bond motifs is 1. The Balaban J connectivity index is 1.88. The molecule has 0 saturated heterocycles. The Kier molecular flexibility index (Phi) is 4.65. The van der Waals surface area contributed by atoms with E-state index in [4.69, 9.17) is 11.6 Å². The standard InChI is InChI=1S/C19H13ClF3N5O2/c1-11-24-26(13-8-6-12(7-9-13)19(21,22)23)27(25-11)18-15-5-3-2-4-14(15)16(20)10-17(18)28(29)30/h2-10H,1H3,(H,24,25). The zero-order valence-electron chi connectivity index (χ0n) is 15.3. The molecule has 1 aliphatic heterocycles. The van der Waals surface area contributed by atoms with Gasteiger partial charge in [0, 0.05) is 16.8 Å². The number of hydrazine groups is 2. The second-order valence-corrected chi connectivity index (χ2v) is 6.88. The Labute approximate surface area is 173 Å². The van der Waals surface area contributed by atoms with Gasteiger partial charge in [0.2, 0.25) is 0 Å². The summed E-state index contributed by atoms with van der Waals surface area (Å²) in [5.41, 5.74) is 2.22. The van der Waals surface area contributed by atoms with Crippen LogP contribution in [0.15, 0.2) is 59.7 Å². The van der Waals surface area contributed by atoms with Gasteiger partial charge in [-0.1, -0.05) is 35.9 Å². The summed E-state index contributed by atoms with van der Waals surface area (Å²) in [7, 11) is 0. The predicted octanol–water partition coefficient (Wildman–Crippen LogP) is 5.50. The Morgan fingerprint density at radius 1 is 1.10 bits per heavy atom. The van der Waals surface area contributed by atoms with Crippen molar-refractivity contribution in [2.75, 3.05) is 10.2 Å². The van der Waals surface area contributed by atoms with E-state index in [1.165, 1.54) is 28.4 Å². The molecular formula is C19H13ClF3N5O2. The van der Waals surface area contributed by atoms with Crippen molar-refractivity contribution in [1.82, 2.24) is 5.43 Å². The van der Waals surface area contributed by atoms with Crippen molar-refractivity contribution in [1.29, 1.82) is 0 Å². The van der Waals surface area contributed by atoms with Gasteiger partial charge in [0.05, 0.1) is 21.2 Å². The van der Waals surface area contributed by atoms with Crippen molar-refractivity contribution in [2.24, 2.45) is 5.10 Å². The maximum absolute atomic E-state index is 12.9. The number of rotatable bonds is 3. The number of benzene rings is 3. The van der Waals surface area contributed by atoms with Crippen LogP contribution in [-0.4, -0.2) is 10.8 Å². The average Bonchev–Trinajstić information content (AvgIpc) is 3.08. The van der Waals surface area contributed by atoms with Gasteiger partial charge in [0.25, 0.3) is 5.69 Å². The number of nitro groups is 1. The van der Waals surface area contributed by atoms with E-state index in [-0.39, 0.29) is 16.4 Å². The summed E-state index contributed by atoms with van der Waals surface area (Å²) in [5, 5.41) is 19.9. The van der Waals surface area contributed by atoms with E-state index in [0.29, 0.717) is 22.3 Å². The first-order chi connectivity index (χ1) is 14.2. The van der Waals surface area contributed by atoms with Crippen LogP contribution in [0, 0.1) is 10.1 Å². The first-order valence-electron chi connectivity index (χ1n) is 8.62. The molecule has 0 unspecified atom stereocenters. The number of anilines is 2. The Bertz CT molecular complexity index is 1180. The molecule has 0 radical (unpaired) electrons. The molecule has 1 heterocycles. The molecule has 1 N–H and O–H groups in total. The Morgan fingerprint density at radius 2 is 1.73 bits per heavy atom. The molecule has 30 heavy (non-hydrogen) atoms. The van der Waals surface area contributed by atoms with Crippen LogP contribution in [0.5, 0.6) is 0 Å². The van der Waals surface area contributed by atoms with E-state index in [9.17, 15) is 23.3 Å². The van der Waals surface area contributed by atoms with E-state index in [1.54, 1.807) is 31.2 Å². The Hall–Kier alpha value is -3.53. The molecule has 0 atom stereocenters. The predicted molar refractivity (Wildman–Crippen MR) is 108 cm³/mol. The third kappa shape index (κ3) is 3.35. The smallest absolute Gasteiger partial charge is 0.263 e. The molecule has 0 saturated carbocycles. The van der Waals surface area contributed by atoms with E-state index in [1.807, 2.05) is 0 Å². The molecule has 0 fully saturated rings. The zero-order chi connectivity index (χ0) is 21.6. The summed E-state index contributed by atoms with van der Waals surface area (Å²) < 4.78 is 38.7. The van der Waals surface area contributed by atoms with Gasteiger partial charge >= 0.3 is 6.18 Å². The van der Waals surface area contributed by atoms with Crippen molar-refractivity contribution in [3.05, 3.63) is 75.3 Å². The molecule has 0 amide bonds. The number of nitrogens with one attached hydrogen (secondary N) is 1. The summed E-state index contributed by atoms with van der Waals surface area (Å²) >= 11 is 6.23. The fraction of sp³-hybridized carbons (Fsp3) is 0.105. The highest BCUT2D eigenvalue weighted by atomic mass is 35.5. The van der Waals surface area contributed by atoms with Gasteiger partial charge < -0.3 is 0 Å². The molecule has 0 aromatic heterocycles. The normalized spacial score (nSPS) is 14.1. The van der Waals surface area contributed by atoms with Gasteiger partial charge in [-0.05, 0) is 31.2 Å². The van der Waals surface area contributed by atoms with Gasteiger partial charge in [-0.2, -0.15) is 18.3 Å². The molecule has 0 aliphatic carbocycles. The minimum Gasteiger partial charge on any atom is -0.263 e. The topological polar surface area (TPSA) is 74.0 Å². The highest BCUT2D eigenvalue weighted by Gasteiger charge is 2.34. The van der Waals surface area contributed by atoms with Crippen LogP contribution in [0.3, 0.4) is 0 Å². The maximum Gasteiger partial charge on any atom is 0.416 e. The van der Waals surface area contributed by atoms with E-state index >= 15 is 0 Å². The summed E-state index contributed by atoms with van der Waals surface area (Å²) in [5.74, 6) is 0.392. The highest BCUT2D eigenvalue weighted by molar-refractivity contribution is 6.36. The number of hydrazone groups is 1. The second kappa shape index (κ2) is 7.06. The lowest BCUT2D eigenvalue weighted by molar-refractivity contribution is -0.384. The van der Waals surface area contributed by atoms with Gasteiger partial charge in [-0.25, -0.2) is 0 Å². The van der Waals surface area contributed by atoms with Gasteiger partial charge in [0.15, 0.2) is 5.69 Å².